The van der Waals surface area contributed by atoms with Crippen molar-refractivity contribution < 1.29 is 4.79 Å². The Labute approximate surface area is 93.1 Å². The molecule has 0 radical (unpaired) electrons. The fourth-order valence-electron chi connectivity index (χ4n) is 2.07. The molecule has 0 atom stereocenters. The summed E-state index contributed by atoms with van der Waals surface area (Å²) in [7, 11) is 0. The number of nitrogens with two attached hydrogens (primary N) is 1. The number of rotatable bonds is 3. The lowest BCUT2D eigenvalue weighted by Gasteiger charge is -2.05. The minimum atomic E-state index is -0.315. The van der Waals surface area contributed by atoms with Crippen LogP contribution in [0.15, 0.2) is 24.3 Å². The highest BCUT2D eigenvalue weighted by Crippen LogP contribution is 2.40. The number of aromatic nitrogens is 2. The Hall–Kier alpha value is -1.84. The molecule has 0 saturated heterocycles. The molecule has 1 heterocycles. The molecule has 2 N–H and O–H groups in total. The average Bonchev–Trinajstić information content (AvgIpc) is 3.03. The molecule has 2 aromatic rings. The quantitative estimate of drug-likeness (QED) is 0.841. The molecule has 0 unspecified atom stereocenters. The molecule has 4 heteroatoms. The minimum Gasteiger partial charge on any atom is -0.368 e. The van der Waals surface area contributed by atoms with Crippen molar-refractivity contribution in [1.29, 1.82) is 0 Å². The van der Waals surface area contributed by atoms with E-state index in [0.29, 0.717) is 5.92 Å². The van der Waals surface area contributed by atoms with Crippen LogP contribution in [0.25, 0.3) is 11.0 Å². The molecule has 1 fully saturated rings. The van der Waals surface area contributed by atoms with Crippen LogP contribution in [-0.2, 0) is 11.3 Å². The molecule has 1 aromatic carbocycles. The number of nitrogens with zero attached hydrogens (tertiary/aromatic N) is 2. The molecule has 4 nitrogen and oxygen atoms in total. The fraction of sp³-hybridized carbons (Fsp3) is 0.333. The van der Waals surface area contributed by atoms with Crippen LogP contribution in [0, 0.1) is 0 Å². The van der Waals surface area contributed by atoms with Gasteiger partial charge in [-0.25, -0.2) is 4.98 Å². The number of hydrogen-bond acceptors (Lipinski definition) is 2. The van der Waals surface area contributed by atoms with Crippen molar-refractivity contribution in [1.82, 2.24) is 9.55 Å². The van der Waals surface area contributed by atoms with Crippen molar-refractivity contribution in [2.24, 2.45) is 5.73 Å². The van der Waals surface area contributed by atoms with Gasteiger partial charge in [-0.15, -0.1) is 0 Å². The molecule has 0 aliphatic heterocycles. The Kier molecular flexibility index (Phi) is 1.96. The zero-order valence-corrected chi connectivity index (χ0v) is 8.89. The summed E-state index contributed by atoms with van der Waals surface area (Å²) in [4.78, 5) is 15.7. The molecule has 1 aliphatic rings. The van der Waals surface area contributed by atoms with Gasteiger partial charge in [0.05, 0.1) is 11.0 Å². The van der Waals surface area contributed by atoms with Crippen LogP contribution in [0.1, 0.15) is 24.6 Å². The van der Waals surface area contributed by atoms with E-state index in [1.165, 1.54) is 12.8 Å². The van der Waals surface area contributed by atoms with Crippen molar-refractivity contribution in [2.45, 2.75) is 25.3 Å². The van der Waals surface area contributed by atoms with Crippen molar-refractivity contribution in [3.8, 4) is 0 Å². The monoisotopic (exact) mass is 215 g/mol. The molecule has 1 saturated carbocycles. The number of amides is 1. The smallest absolute Gasteiger partial charge is 0.237 e. The maximum atomic E-state index is 11.1. The predicted octanol–water partition coefficient (Wildman–Crippen LogP) is 1.40. The average molecular weight is 215 g/mol. The Balaban J connectivity index is 2.18. The van der Waals surface area contributed by atoms with Crippen LogP contribution < -0.4 is 5.73 Å². The number of primary amides is 1. The number of carbonyl (C=O) groups is 1. The maximum absolute atomic E-state index is 11.1. The maximum Gasteiger partial charge on any atom is 0.237 e. The number of hydrogen-bond donors (Lipinski definition) is 1. The molecular formula is C12H13N3O. The topological polar surface area (TPSA) is 60.9 Å². The van der Waals surface area contributed by atoms with Gasteiger partial charge in [-0.05, 0) is 25.0 Å². The van der Waals surface area contributed by atoms with Crippen molar-refractivity contribution in [2.75, 3.05) is 0 Å². The van der Waals surface area contributed by atoms with Gasteiger partial charge >= 0.3 is 0 Å². The van der Waals surface area contributed by atoms with E-state index in [9.17, 15) is 4.79 Å². The normalized spacial score (nSPS) is 15.5. The van der Waals surface area contributed by atoms with E-state index in [1.807, 2.05) is 28.8 Å². The van der Waals surface area contributed by atoms with Crippen molar-refractivity contribution in [3.05, 3.63) is 30.1 Å². The van der Waals surface area contributed by atoms with Gasteiger partial charge in [-0.2, -0.15) is 0 Å². The van der Waals surface area contributed by atoms with Gasteiger partial charge in [0.25, 0.3) is 0 Å². The van der Waals surface area contributed by atoms with E-state index in [2.05, 4.69) is 4.98 Å². The Morgan fingerprint density at radius 1 is 1.44 bits per heavy atom. The third kappa shape index (κ3) is 1.46. The standard InChI is InChI=1S/C12H13N3O/c13-11(16)7-15-10-4-2-1-3-9(10)14-12(15)8-5-6-8/h1-4,8H,5-7H2,(H2,13,16). The highest BCUT2D eigenvalue weighted by atomic mass is 16.1. The van der Waals surface area contributed by atoms with Gasteiger partial charge in [0, 0.05) is 5.92 Å². The third-order valence-corrected chi connectivity index (χ3v) is 2.94. The summed E-state index contributed by atoms with van der Waals surface area (Å²) in [6.07, 6.45) is 2.34. The second-order valence-corrected chi connectivity index (χ2v) is 4.29. The lowest BCUT2D eigenvalue weighted by atomic mass is 10.3. The number of fused-ring (bicyclic) bond motifs is 1. The zero-order valence-electron chi connectivity index (χ0n) is 8.89. The van der Waals surface area contributed by atoms with E-state index in [-0.39, 0.29) is 12.5 Å². The summed E-state index contributed by atoms with van der Waals surface area (Å²) in [5.74, 6) is 1.22. The molecule has 0 bridgehead atoms. The Morgan fingerprint density at radius 2 is 2.19 bits per heavy atom. The van der Waals surface area contributed by atoms with E-state index >= 15 is 0 Å². The largest absolute Gasteiger partial charge is 0.368 e. The van der Waals surface area contributed by atoms with Gasteiger partial charge in [0.2, 0.25) is 5.91 Å². The van der Waals surface area contributed by atoms with E-state index < -0.39 is 0 Å². The van der Waals surface area contributed by atoms with Crippen LogP contribution in [-0.4, -0.2) is 15.5 Å². The third-order valence-electron chi connectivity index (χ3n) is 2.94. The molecule has 0 spiro atoms. The molecule has 1 amide bonds. The molecular weight excluding hydrogens is 202 g/mol. The van der Waals surface area contributed by atoms with Gasteiger partial charge < -0.3 is 10.3 Å². The second-order valence-electron chi connectivity index (χ2n) is 4.29. The Morgan fingerprint density at radius 3 is 2.88 bits per heavy atom. The number of para-hydroxylation sites is 2. The lowest BCUT2D eigenvalue weighted by molar-refractivity contribution is -0.118. The summed E-state index contributed by atoms with van der Waals surface area (Å²) in [5.41, 5.74) is 7.23. The lowest BCUT2D eigenvalue weighted by Crippen LogP contribution is -2.19. The summed E-state index contributed by atoms with van der Waals surface area (Å²) in [6, 6.07) is 7.87. The summed E-state index contributed by atoms with van der Waals surface area (Å²) < 4.78 is 1.95. The van der Waals surface area contributed by atoms with Crippen LogP contribution in [0.5, 0.6) is 0 Å². The second kappa shape index (κ2) is 3.33. The van der Waals surface area contributed by atoms with Crippen LogP contribution in [0.3, 0.4) is 0 Å². The molecule has 1 aromatic heterocycles. The minimum absolute atomic E-state index is 0.229. The fourth-order valence-corrected chi connectivity index (χ4v) is 2.07. The molecule has 3 rings (SSSR count). The summed E-state index contributed by atoms with van der Waals surface area (Å²) in [6.45, 7) is 0.229. The summed E-state index contributed by atoms with van der Waals surface area (Å²) in [5, 5.41) is 0. The molecule has 16 heavy (non-hydrogen) atoms. The predicted molar refractivity (Wildman–Crippen MR) is 60.9 cm³/mol. The van der Waals surface area contributed by atoms with Crippen molar-refractivity contribution in [3.63, 3.8) is 0 Å². The first-order valence-electron chi connectivity index (χ1n) is 5.49. The highest BCUT2D eigenvalue weighted by molar-refractivity contribution is 5.80. The highest BCUT2D eigenvalue weighted by Gasteiger charge is 2.29. The molecule has 1 aliphatic carbocycles. The van der Waals surface area contributed by atoms with E-state index in [4.69, 9.17) is 5.73 Å². The van der Waals surface area contributed by atoms with Crippen LogP contribution >= 0.6 is 0 Å². The number of benzene rings is 1. The number of imidazole rings is 1. The van der Waals surface area contributed by atoms with Gasteiger partial charge in [-0.3, -0.25) is 4.79 Å². The van der Waals surface area contributed by atoms with Gasteiger partial charge in [0.1, 0.15) is 12.4 Å². The van der Waals surface area contributed by atoms with Gasteiger partial charge in [0.15, 0.2) is 0 Å². The Bertz CT molecular complexity index is 554. The first-order valence-corrected chi connectivity index (χ1v) is 5.49. The van der Waals surface area contributed by atoms with Crippen LogP contribution in [0.2, 0.25) is 0 Å². The first kappa shape index (κ1) is 9.39. The first-order chi connectivity index (χ1) is 7.75. The van der Waals surface area contributed by atoms with Gasteiger partial charge in [-0.1, -0.05) is 12.1 Å². The molecule has 82 valence electrons. The van der Waals surface area contributed by atoms with Crippen LogP contribution in [0.4, 0.5) is 0 Å². The van der Waals surface area contributed by atoms with E-state index in [1.54, 1.807) is 0 Å². The SMILES string of the molecule is NC(=O)Cn1c(C2CC2)nc2ccccc21. The zero-order chi connectivity index (χ0) is 11.1. The summed E-state index contributed by atoms with van der Waals surface area (Å²) >= 11 is 0. The van der Waals surface area contributed by atoms with Crippen molar-refractivity contribution >= 4 is 16.9 Å². The number of carbonyl (C=O) groups excluding carboxylic acids is 1. The van der Waals surface area contributed by atoms with E-state index in [0.717, 1.165) is 16.9 Å².